The summed E-state index contributed by atoms with van der Waals surface area (Å²) in [5, 5.41) is 14.0. The fourth-order valence-corrected chi connectivity index (χ4v) is 5.15. The summed E-state index contributed by atoms with van der Waals surface area (Å²) in [6, 6.07) is 24.9. The minimum atomic E-state index is -4.60. The van der Waals surface area contributed by atoms with Gasteiger partial charge < -0.3 is 9.67 Å². The molecule has 5 nitrogen and oxygen atoms in total. The zero-order chi connectivity index (χ0) is 27.3. The number of benzene rings is 4. The van der Waals surface area contributed by atoms with E-state index >= 15 is 0 Å². The Morgan fingerprint density at radius 1 is 0.821 bits per heavy atom. The first kappa shape index (κ1) is 24.5. The summed E-state index contributed by atoms with van der Waals surface area (Å²) in [7, 11) is 0. The predicted octanol–water partition coefficient (Wildman–Crippen LogP) is 7.59. The maximum Gasteiger partial charge on any atom is 0.416 e. The van der Waals surface area contributed by atoms with Crippen LogP contribution < -0.4 is 5.56 Å². The Labute approximate surface area is 220 Å². The molecule has 0 saturated carbocycles. The molecule has 0 aliphatic heterocycles. The molecule has 2 aromatic heterocycles. The number of para-hydroxylation sites is 1. The Hall–Kier alpha value is -4.85. The van der Waals surface area contributed by atoms with E-state index in [4.69, 9.17) is 0 Å². The van der Waals surface area contributed by atoms with Crippen LogP contribution in [0.1, 0.15) is 18.1 Å². The van der Waals surface area contributed by atoms with Crippen molar-refractivity contribution in [1.82, 2.24) is 9.13 Å². The smallest absolute Gasteiger partial charge is 0.416 e. The van der Waals surface area contributed by atoms with Crippen molar-refractivity contribution in [3.8, 4) is 11.6 Å². The van der Waals surface area contributed by atoms with Gasteiger partial charge in [0.05, 0.1) is 22.5 Å². The number of fused-ring (bicyclic) bond motifs is 4. The van der Waals surface area contributed by atoms with Crippen molar-refractivity contribution in [3.63, 3.8) is 0 Å². The fraction of sp³-hybridized carbons (Fsp3) is 0.0968. The molecule has 0 spiro atoms. The van der Waals surface area contributed by atoms with Crippen LogP contribution in [0.15, 0.2) is 101 Å². The third kappa shape index (κ3) is 4.05. The van der Waals surface area contributed by atoms with E-state index in [1.807, 2.05) is 30.3 Å². The molecule has 0 aliphatic carbocycles. The van der Waals surface area contributed by atoms with Gasteiger partial charge in [-0.2, -0.15) is 13.2 Å². The third-order valence-corrected chi connectivity index (χ3v) is 6.95. The predicted molar refractivity (Wildman–Crippen MR) is 149 cm³/mol. The van der Waals surface area contributed by atoms with Gasteiger partial charge in [-0.25, -0.2) is 4.57 Å². The first-order valence-corrected chi connectivity index (χ1v) is 12.4. The number of aryl methyl sites for hydroxylation is 1. The molecule has 0 unspecified atom stereocenters. The van der Waals surface area contributed by atoms with Gasteiger partial charge in [-0.1, -0.05) is 42.5 Å². The fourth-order valence-electron chi connectivity index (χ4n) is 5.15. The summed E-state index contributed by atoms with van der Waals surface area (Å²) in [5.41, 5.74) is 1.39. The number of aliphatic imine (C=N–C) groups is 1. The monoisotopic (exact) mass is 525 g/mol. The minimum absolute atomic E-state index is 0.0958. The van der Waals surface area contributed by atoms with Gasteiger partial charge >= 0.3 is 6.18 Å². The third-order valence-electron chi connectivity index (χ3n) is 6.95. The summed E-state index contributed by atoms with van der Waals surface area (Å²) < 4.78 is 43.3. The molecule has 194 valence electrons. The molecule has 8 heteroatoms. The maximum absolute atomic E-state index is 13.4. The second-order valence-corrected chi connectivity index (χ2v) is 9.19. The summed E-state index contributed by atoms with van der Waals surface area (Å²) in [4.78, 5) is 17.9. The summed E-state index contributed by atoms with van der Waals surface area (Å²) >= 11 is 0. The molecule has 0 radical (unpaired) electrons. The van der Waals surface area contributed by atoms with Crippen LogP contribution in [-0.2, 0) is 12.7 Å². The second kappa shape index (κ2) is 9.16. The van der Waals surface area contributed by atoms with Crippen molar-refractivity contribution in [1.29, 1.82) is 0 Å². The molecule has 0 bridgehead atoms. The van der Waals surface area contributed by atoms with E-state index in [0.29, 0.717) is 11.1 Å². The first-order chi connectivity index (χ1) is 18.8. The number of hydrogen-bond donors (Lipinski definition) is 1. The lowest BCUT2D eigenvalue weighted by Crippen LogP contribution is -2.20. The van der Waals surface area contributed by atoms with Crippen LogP contribution in [0, 0.1) is 0 Å². The van der Waals surface area contributed by atoms with E-state index in [2.05, 4.69) is 28.6 Å². The van der Waals surface area contributed by atoms with Gasteiger partial charge in [0, 0.05) is 45.3 Å². The quantitative estimate of drug-likeness (QED) is 0.241. The molecule has 0 aliphatic rings. The van der Waals surface area contributed by atoms with Gasteiger partial charge in [-0.3, -0.25) is 9.79 Å². The molecule has 39 heavy (non-hydrogen) atoms. The van der Waals surface area contributed by atoms with Crippen molar-refractivity contribution >= 4 is 44.5 Å². The Balaban J connectivity index is 1.53. The molecule has 1 N–H and O–H groups in total. The number of hydrogen-bond acceptors (Lipinski definition) is 3. The van der Waals surface area contributed by atoms with Crippen molar-refractivity contribution in [2.45, 2.75) is 19.6 Å². The summed E-state index contributed by atoms with van der Waals surface area (Å²) in [6.45, 7) is 2.90. The Kier molecular flexibility index (Phi) is 5.75. The van der Waals surface area contributed by atoms with Crippen LogP contribution >= 0.6 is 0 Å². The van der Waals surface area contributed by atoms with Gasteiger partial charge in [-0.15, -0.1) is 0 Å². The van der Waals surface area contributed by atoms with Crippen LogP contribution in [-0.4, -0.2) is 20.5 Å². The van der Waals surface area contributed by atoms with Crippen LogP contribution in [0.2, 0.25) is 0 Å². The molecule has 0 atom stereocenters. The van der Waals surface area contributed by atoms with E-state index in [1.165, 1.54) is 18.3 Å². The number of rotatable bonds is 4. The average molecular weight is 526 g/mol. The largest absolute Gasteiger partial charge is 0.494 e. The van der Waals surface area contributed by atoms with Crippen molar-refractivity contribution in [3.05, 3.63) is 112 Å². The van der Waals surface area contributed by atoms with Gasteiger partial charge in [0.25, 0.3) is 5.56 Å². The topological polar surface area (TPSA) is 59.5 Å². The van der Waals surface area contributed by atoms with Gasteiger partial charge in [0.15, 0.2) is 0 Å². The molecular weight excluding hydrogens is 503 g/mol. The molecule has 2 heterocycles. The molecule has 4 aromatic carbocycles. The van der Waals surface area contributed by atoms with Crippen molar-refractivity contribution < 1.29 is 18.3 Å². The number of halogens is 3. The minimum Gasteiger partial charge on any atom is -0.494 e. The maximum atomic E-state index is 13.4. The van der Waals surface area contributed by atoms with E-state index in [0.717, 1.165) is 45.1 Å². The average Bonchev–Trinajstić information content (AvgIpc) is 3.26. The van der Waals surface area contributed by atoms with Crippen LogP contribution in [0.4, 0.5) is 18.9 Å². The van der Waals surface area contributed by atoms with Gasteiger partial charge in [0.1, 0.15) is 0 Å². The van der Waals surface area contributed by atoms with Crippen LogP contribution in [0.25, 0.3) is 38.3 Å². The highest BCUT2D eigenvalue weighted by Gasteiger charge is 2.31. The normalized spacial score (nSPS) is 12.3. The first-order valence-electron chi connectivity index (χ1n) is 12.4. The standard InChI is InChI=1S/C31H22F3N3O2/c1-2-36-27-13-6-5-11-23(27)25-17-20(14-15-28(25)36)35-18-26-22-10-3-4-12-24(22)29(38)37(30(26)39)21-9-7-8-19(16-21)31(32,33)34/h3-18,39H,2H2,1H3. The Morgan fingerprint density at radius 3 is 2.26 bits per heavy atom. The number of pyridine rings is 1. The lowest BCUT2D eigenvalue weighted by Gasteiger charge is -2.15. The van der Waals surface area contributed by atoms with E-state index < -0.39 is 23.2 Å². The zero-order valence-corrected chi connectivity index (χ0v) is 20.8. The van der Waals surface area contributed by atoms with Crippen LogP contribution in [0.5, 0.6) is 5.88 Å². The lowest BCUT2D eigenvalue weighted by molar-refractivity contribution is -0.137. The van der Waals surface area contributed by atoms with E-state index in [1.54, 1.807) is 24.3 Å². The van der Waals surface area contributed by atoms with Crippen LogP contribution in [0.3, 0.4) is 0 Å². The molecule has 0 fully saturated rings. The number of aromatic nitrogens is 2. The van der Waals surface area contributed by atoms with E-state index in [-0.39, 0.29) is 16.6 Å². The molecule has 0 amide bonds. The second-order valence-electron chi connectivity index (χ2n) is 9.19. The lowest BCUT2D eigenvalue weighted by atomic mass is 10.1. The van der Waals surface area contributed by atoms with Gasteiger partial charge in [0.2, 0.25) is 5.88 Å². The number of alkyl halides is 3. The molecular formula is C31H22F3N3O2. The van der Waals surface area contributed by atoms with Crippen molar-refractivity contribution in [2.75, 3.05) is 0 Å². The molecule has 0 saturated heterocycles. The summed E-state index contributed by atoms with van der Waals surface area (Å²) in [5.74, 6) is -0.495. The van der Waals surface area contributed by atoms with E-state index in [9.17, 15) is 23.1 Å². The Bertz CT molecular complexity index is 1980. The highest BCUT2D eigenvalue weighted by molar-refractivity contribution is 6.09. The highest BCUT2D eigenvalue weighted by Crippen LogP contribution is 2.34. The number of nitrogens with zero attached hydrogens (tertiary/aromatic N) is 3. The Morgan fingerprint density at radius 2 is 1.51 bits per heavy atom. The molecule has 6 aromatic rings. The number of aromatic hydroxyl groups is 1. The van der Waals surface area contributed by atoms with Gasteiger partial charge in [-0.05, 0) is 55.5 Å². The molecule has 6 rings (SSSR count). The van der Waals surface area contributed by atoms with Crippen molar-refractivity contribution in [2.24, 2.45) is 4.99 Å². The SMILES string of the molecule is CCn1c2ccccc2c2cc(N=Cc3c(O)n(-c4cccc(C(F)(F)F)c4)c(=O)c4ccccc34)ccc21. The zero-order valence-electron chi connectivity index (χ0n) is 20.8. The summed E-state index contributed by atoms with van der Waals surface area (Å²) in [6.07, 6.45) is -3.16. The highest BCUT2D eigenvalue weighted by atomic mass is 19.4.